The van der Waals surface area contributed by atoms with Crippen molar-refractivity contribution in [2.24, 2.45) is 0 Å². The lowest BCUT2D eigenvalue weighted by atomic mass is 9.82. The van der Waals surface area contributed by atoms with Gasteiger partial charge < -0.3 is 10.6 Å². The minimum atomic E-state index is -0.194. The highest BCUT2D eigenvalue weighted by Gasteiger charge is 2.24. The van der Waals surface area contributed by atoms with Crippen LogP contribution in [0.2, 0.25) is 0 Å². The zero-order chi connectivity index (χ0) is 17.8. The minimum absolute atomic E-state index is 0.0887. The Kier molecular flexibility index (Phi) is 5.68. The Morgan fingerprint density at radius 2 is 1.92 bits per heavy atom. The molecule has 1 heterocycles. The molecule has 2 N–H and O–H groups in total. The van der Waals surface area contributed by atoms with Gasteiger partial charge in [0.25, 0.3) is 0 Å². The van der Waals surface area contributed by atoms with Crippen LogP contribution >= 0.6 is 11.3 Å². The van der Waals surface area contributed by atoms with E-state index in [-0.39, 0.29) is 23.9 Å². The van der Waals surface area contributed by atoms with Crippen LogP contribution in [0.1, 0.15) is 60.0 Å². The predicted molar refractivity (Wildman–Crippen MR) is 98.3 cm³/mol. The Labute approximate surface area is 151 Å². The van der Waals surface area contributed by atoms with Gasteiger partial charge in [0.2, 0.25) is 0 Å². The third-order valence-electron chi connectivity index (χ3n) is 4.76. The second-order valence-corrected chi connectivity index (χ2v) is 8.02. The molecular formula is C19H24FN3OS. The molecule has 1 atom stereocenters. The van der Waals surface area contributed by atoms with Crippen LogP contribution in [0, 0.1) is 12.7 Å². The van der Waals surface area contributed by atoms with E-state index in [9.17, 15) is 9.18 Å². The second-order valence-electron chi connectivity index (χ2n) is 6.75. The van der Waals surface area contributed by atoms with E-state index in [1.54, 1.807) is 11.3 Å². The summed E-state index contributed by atoms with van der Waals surface area (Å²) in [6, 6.07) is 6.77. The fourth-order valence-corrected chi connectivity index (χ4v) is 4.14. The predicted octanol–water partition coefficient (Wildman–Crippen LogP) is 4.68. The number of halogens is 1. The van der Waals surface area contributed by atoms with E-state index in [1.807, 2.05) is 32.2 Å². The summed E-state index contributed by atoms with van der Waals surface area (Å²) in [5.41, 5.74) is 1.19. The van der Waals surface area contributed by atoms with Gasteiger partial charge in [-0.25, -0.2) is 14.2 Å². The Balaban J connectivity index is 1.45. The van der Waals surface area contributed by atoms with E-state index in [0.29, 0.717) is 5.92 Å². The van der Waals surface area contributed by atoms with E-state index in [4.69, 9.17) is 0 Å². The number of urea groups is 1. The van der Waals surface area contributed by atoms with Gasteiger partial charge >= 0.3 is 6.03 Å². The second kappa shape index (κ2) is 7.95. The highest BCUT2D eigenvalue weighted by atomic mass is 32.1. The first kappa shape index (κ1) is 17.9. The van der Waals surface area contributed by atoms with Crippen molar-refractivity contribution in [3.63, 3.8) is 0 Å². The molecule has 1 unspecified atom stereocenters. The maximum Gasteiger partial charge on any atom is 0.315 e. The number of rotatable bonds is 4. The Bertz CT molecular complexity index is 708. The van der Waals surface area contributed by atoms with E-state index in [0.717, 1.165) is 35.6 Å². The highest BCUT2D eigenvalue weighted by Crippen LogP contribution is 2.33. The van der Waals surface area contributed by atoms with Gasteiger partial charge in [-0.3, -0.25) is 0 Å². The largest absolute Gasteiger partial charge is 0.335 e. The summed E-state index contributed by atoms with van der Waals surface area (Å²) in [6.45, 7) is 3.96. The molecule has 6 heteroatoms. The van der Waals surface area contributed by atoms with Crippen LogP contribution in [-0.2, 0) is 0 Å². The third-order valence-corrected chi connectivity index (χ3v) is 5.86. The van der Waals surface area contributed by atoms with E-state index < -0.39 is 0 Å². The summed E-state index contributed by atoms with van der Waals surface area (Å²) < 4.78 is 13.0. The number of nitrogens with one attached hydrogen (secondary N) is 2. The van der Waals surface area contributed by atoms with E-state index >= 15 is 0 Å². The maximum atomic E-state index is 13.0. The van der Waals surface area contributed by atoms with Gasteiger partial charge in [-0.2, -0.15) is 0 Å². The van der Waals surface area contributed by atoms with Crippen LogP contribution in [0.25, 0.3) is 0 Å². The lowest BCUT2D eigenvalue weighted by Gasteiger charge is -2.29. The average molecular weight is 361 g/mol. The molecular weight excluding hydrogens is 337 g/mol. The normalized spacial score (nSPS) is 21.6. The lowest BCUT2D eigenvalue weighted by molar-refractivity contribution is 0.228. The van der Waals surface area contributed by atoms with Crippen LogP contribution in [-0.4, -0.2) is 17.1 Å². The summed E-state index contributed by atoms with van der Waals surface area (Å²) in [5.74, 6) is 0.263. The molecule has 0 bridgehead atoms. The molecule has 25 heavy (non-hydrogen) atoms. The third kappa shape index (κ3) is 4.78. The smallest absolute Gasteiger partial charge is 0.315 e. The van der Waals surface area contributed by atoms with E-state index in [2.05, 4.69) is 15.6 Å². The van der Waals surface area contributed by atoms with Gasteiger partial charge in [-0.05, 0) is 63.1 Å². The molecule has 0 aliphatic heterocycles. The number of nitrogens with zero attached hydrogens (tertiary/aromatic N) is 1. The number of carbonyl (C=O) groups excluding carboxylic acids is 1. The van der Waals surface area contributed by atoms with Crippen LogP contribution in [0.15, 0.2) is 30.5 Å². The van der Waals surface area contributed by atoms with Gasteiger partial charge in [-0.1, -0.05) is 12.1 Å². The van der Waals surface area contributed by atoms with Crippen molar-refractivity contribution in [3.05, 3.63) is 51.7 Å². The SMILES string of the molecule is Cc1cnc(C(C)NC(=O)NC2CCC(c3ccc(F)cc3)CC2)s1. The molecule has 1 aromatic carbocycles. The van der Waals surface area contributed by atoms with Crippen LogP contribution in [0.5, 0.6) is 0 Å². The lowest BCUT2D eigenvalue weighted by Crippen LogP contribution is -2.44. The number of amides is 2. The van der Waals surface area contributed by atoms with E-state index in [1.165, 1.54) is 17.7 Å². The van der Waals surface area contributed by atoms with Gasteiger partial charge in [-0.15, -0.1) is 11.3 Å². The first-order chi connectivity index (χ1) is 12.0. The summed E-state index contributed by atoms with van der Waals surface area (Å²) in [5, 5.41) is 6.96. The molecule has 134 valence electrons. The standard InChI is InChI=1S/C19H24FN3OS/c1-12-11-21-18(25-12)13(2)22-19(24)23-17-9-5-15(6-10-17)14-3-7-16(20)8-4-14/h3-4,7-8,11,13,15,17H,5-6,9-10H2,1-2H3,(H2,22,23,24). The number of carbonyl (C=O) groups is 1. The van der Waals surface area contributed by atoms with Crippen LogP contribution in [0.3, 0.4) is 0 Å². The fourth-order valence-electron chi connectivity index (χ4n) is 3.36. The van der Waals surface area contributed by atoms with Gasteiger partial charge in [0.1, 0.15) is 10.8 Å². The molecule has 1 fully saturated rings. The molecule has 0 saturated heterocycles. The first-order valence-electron chi connectivity index (χ1n) is 8.76. The van der Waals surface area contributed by atoms with Gasteiger partial charge in [0.15, 0.2) is 0 Å². The Morgan fingerprint density at radius 1 is 1.24 bits per heavy atom. The zero-order valence-electron chi connectivity index (χ0n) is 14.6. The summed E-state index contributed by atoms with van der Waals surface area (Å²) in [6.07, 6.45) is 5.74. The number of aryl methyl sites for hydroxylation is 1. The highest BCUT2D eigenvalue weighted by molar-refractivity contribution is 7.11. The number of hydrogen-bond donors (Lipinski definition) is 2. The number of benzene rings is 1. The van der Waals surface area contributed by atoms with Crippen molar-refractivity contribution in [2.75, 3.05) is 0 Å². The first-order valence-corrected chi connectivity index (χ1v) is 9.57. The quantitative estimate of drug-likeness (QED) is 0.831. The summed E-state index contributed by atoms with van der Waals surface area (Å²) in [4.78, 5) is 17.7. The fraction of sp³-hybridized carbons (Fsp3) is 0.474. The average Bonchev–Trinajstić information content (AvgIpc) is 3.03. The van der Waals surface area contributed by atoms with Crippen molar-refractivity contribution in [3.8, 4) is 0 Å². The van der Waals surface area contributed by atoms with Crippen LogP contribution in [0.4, 0.5) is 9.18 Å². The molecule has 4 nitrogen and oxygen atoms in total. The van der Waals surface area contributed by atoms with Gasteiger partial charge in [0.05, 0.1) is 6.04 Å². The number of thiazole rings is 1. The number of aromatic nitrogens is 1. The van der Waals surface area contributed by atoms with Crippen molar-refractivity contribution in [1.29, 1.82) is 0 Å². The molecule has 1 saturated carbocycles. The Hall–Kier alpha value is -1.95. The van der Waals surface area contributed by atoms with Gasteiger partial charge in [0, 0.05) is 17.1 Å². The van der Waals surface area contributed by atoms with Crippen molar-refractivity contribution >= 4 is 17.4 Å². The molecule has 3 rings (SSSR count). The summed E-state index contributed by atoms with van der Waals surface area (Å²) >= 11 is 1.60. The number of hydrogen-bond acceptors (Lipinski definition) is 3. The van der Waals surface area contributed by atoms with Crippen LogP contribution < -0.4 is 10.6 Å². The van der Waals surface area contributed by atoms with Crippen molar-refractivity contribution in [2.45, 2.75) is 57.5 Å². The van der Waals surface area contributed by atoms with Crippen molar-refractivity contribution < 1.29 is 9.18 Å². The summed E-state index contributed by atoms with van der Waals surface area (Å²) in [7, 11) is 0. The Morgan fingerprint density at radius 3 is 2.52 bits per heavy atom. The zero-order valence-corrected chi connectivity index (χ0v) is 15.4. The molecule has 1 aromatic heterocycles. The molecule has 0 spiro atoms. The molecule has 2 amide bonds. The molecule has 1 aliphatic carbocycles. The minimum Gasteiger partial charge on any atom is -0.335 e. The van der Waals surface area contributed by atoms with Crippen molar-refractivity contribution in [1.82, 2.24) is 15.6 Å². The topological polar surface area (TPSA) is 54.0 Å². The monoisotopic (exact) mass is 361 g/mol. The molecule has 1 aliphatic rings. The molecule has 0 radical (unpaired) electrons. The molecule has 2 aromatic rings. The maximum absolute atomic E-state index is 13.0.